The van der Waals surface area contributed by atoms with Crippen LogP contribution in [0.3, 0.4) is 0 Å². The number of unbranched alkanes of at least 4 members (excludes halogenated alkanes) is 31. The first-order valence-corrected chi connectivity index (χ1v) is 25.3. The number of hydrogen-bond donors (Lipinski definition) is 4. The SMILES string of the molecule is CCCCCCC/C=C\CCCCCCCC(=O)OC(COCCCCCCCCCCCCCCCCCCCCCCCC)COC1OC(CO)C(O)C(O)C1O. The summed E-state index contributed by atoms with van der Waals surface area (Å²) in [6.45, 7) is 4.59. The molecular weight excluding hydrogens is 745 g/mol. The predicted molar refractivity (Wildman–Crippen MR) is 243 cm³/mol. The Morgan fingerprint density at radius 2 is 0.932 bits per heavy atom. The summed E-state index contributed by atoms with van der Waals surface area (Å²) in [6, 6.07) is 0. The predicted octanol–water partition coefficient (Wildman–Crippen LogP) is 12.0. The van der Waals surface area contributed by atoms with Crippen LogP contribution in [-0.2, 0) is 23.7 Å². The third-order valence-corrected chi connectivity index (χ3v) is 11.9. The molecule has 0 aliphatic carbocycles. The Balaban J connectivity index is 2.17. The summed E-state index contributed by atoms with van der Waals surface area (Å²) in [4.78, 5) is 12.8. The van der Waals surface area contributed by atoms with Gasteiger partial charge in [-0.15, -0.1) is 0 Å². The van der Waals surface area contributed by atoms with Gasteiger partial charge in [0.15, 0.2) is 6.29 Å². The molecule has 0 saturated carbocycles. The van der Waals surface area contributed by atoms with E-state index in [2.05, 4.69) is 26.0 Å². The first kappa shape index (κ1) is 55.9. The maximum Gasteiger partial charge on any atom is 0.306 e. The third-order valence-electron chi connectivity index (χ3n) is 11.9. The van der Waals surface area contributed by atoms with E-state index < -0.39 is 43.4 Å². The molecule has 6 atom stereocenters. The second-order valence-electron chi connectivity index (χ2n) is 17.6. The van der Waals surface area contributed by atoms with Crippen LogP contribution in [0.4, 0.5) is 0 Å². The van der Waals surface area contributed by atoms with E-state index in [0.29, 0.717) is 13.0 Å². The molecule has 0 bridgehead atoms. The van der Waals surface area contributed by atoms with Crippen molar-refractivity contribution in [2.24, 2.45) is 0 Å². The monoisotopic (exact) mass is 841 g/mol. The number of allylic oxidation sites excluding steroid dienone is 2. The number of ether oxygens (including phenoxy) is 4. The number of esters is 1. The Hall–Kier alpha value is -1.07. The fraction of sp³-hybridized carbons (Fsp3) is 0.940. The summed E-state index contributed by atoms with van der Waals surface area (Å²) < 4.78 is 22.9. The molecule has 1 aliphatic rings. The van der Waals surface area contributed by atoms with E-state index in [0.717, 1.165) is 44.9 Å². The van der Waals surface area contributed by atoms with Crippen LogP contribution in [0.25, 0.3) is 0 Å². The summed E-state index contributed by atoms with van der Waals surface area (Å²) in [7, 11) is 0. The minimum absolute atomic E-state index is 0.111. The van der Waals surface area contributed by atoms with Crippen LogP contribution in [0.2, 0.25) is 0 Å². The Morgan fingerprint density at radius 3 is 1.37 bits per heavy atom. The quantitative estimate of drug-likeness (QED) is 0.0269. The summed E-state index contributed by atoms with van der Waals surface area (Å²) in [6.07, 6.45) is 41.1. The molecule has 6 unspecified atom stereocenters. The Bertz CT molecular complexity index is 915. The minimum Gasteiger partial charge on any atom is -0.457 e. The highest BCUT2D eigenvalue weighted by Crippen LogP contribution is 2.23. The van der Waals surface area contributed by atoms with Crippen molar-refractivity contribution in [3.8, 4) is 0 Å². The number of rotatable bonds is 44. The van der Waals surface area contributed by atoms with Crippen molar-refractivity contribution >= 4 is 5.97 Å². The second-order valence-corrected chi connectivity index (χ2v) is 17.6. The molecule has 1 heterocycles. The Morgan fingerprint density at radius 1 is 0.525 bits per heavy atom. The topological polar surface area (TPSA) is 135 Å². The van der Waals surface area contributed by atoms with Crippen molar-refractivity contribution in [2.75, 3.05) is 26.4 Å². The molecule has 9 heteroatoms. The fourth-order valence-corrected chi connectivity index (χ4v) is 7.96. The van der Waals surface area contributed by atoms with E-state index in [1.165, 1.54) is 173 Å². The Labute approximate surface area is 363 Å². The highest BCUT2D eigenvalue weighted by atomic mass is 16.7. The fourth-order valence-electron chi connectivity index (χ4n) is 7.96. The molecule has 0 spiro atoms. The van der Waals surface area contributed by atoms with Gasteiger partial charge in [-0.1, -0.05) is 206 Å². The van der Waals surface area contributed by atoms with Gasteiger partial charge in [0.25, 0.3) is 0 Å². The van der Waals surface area contributed by atoms with Gasteiger partial charge in [0.1, 0.15) is 30.5 Å². The van der Waals surface area contributed by atoms with Gasteiger partial charge in [-0.05, 0) is 38.5 Å². The molecule has 1 saturated heterocycles. The van der Waals surface area contributed by atoms with Gasteiger partial charge in [-0.3, -0.25) is 4.79 Å². The van der Waals surface area contributed by atoms with Gasteiger partial charge < -0.3 is 39.4 Å². The average molecular weight is 841 g/mol. The van der Waals surface area contributed by atoms with Crippen LogP contribution < -0.4 is 0 Å². The maximum absolute atomic E-state index is 12.8. The van der Waals surface area contributed by atoms with Crippen molar-refractivity contribution in [3.63, 3.8) is 0 Å². The lowest BCUT2D eigenvalue weighted by atomic mass is 9.99. The van der Waals surface area contributed by atoms with Crippen molar-refractivity contribution in [3.05, 3.63) is 12.2 Å². The lowest BCUT2D eigenvalue weighted by Gasteiger charge is -2.39. The van der Waals surface area contributed by atoms with E-state index >= 15 is 0 Å². The number of aliphatic hydroxyl groups excluding tert-OH is 4. The second kappa shape index (κ2) is 42.2. The van der Waals surface area contributed by atoms with Gasteiger partial charge in [-0.2, -0.15) is 0 Å². The maximum atomic E-state index is 12.8. The molecule has 0 radical (unpaired) electrons. The summed E-state index contributed by atoms with van der Waals surface area (Å²) in [5.41, 5.74) is 0. The van der Waals surface area contributed by atoms with Crippen LogP contribution in [0, 0.1) is 0 Å². The molecule has 350 valence electrons. The van der Waals surface area contributed by atoms with Crippen molar-refractivity contribution < 1.29 is 44.2 Å². The summed E-state index contributed by atoms with van der Waals surface area (Å²) in [5.74, 6) is -0.317. The molecule has 59 heavy (non-hydrogen) atoms. The number of carbonyl (C=O) groups excluding carboxylic acids is 1. The average Bonchev–Trinajstić information content (AvgIpc) is 3.24. The van der Waals surface area contributed by atoms with Gasteiger partial charge in [0.05, 0.1) is 19.8 Å². The van der Waals surface area contributed by atoms with E-state index in [9.17, 15) is 25.2 Å². The van der Waals surface area contributed by atoms with Crippen molar-refractivity contribution in [1.29, 1.82) is 0 Å². The molecule has 4 N–H and O–H groups in total. The molecule has 0 aromatic heterocycles. The van der Waals surface area contributed by atoms with Crippen LogP contribution >= 0.6 is 0 Å². The summed E-state index contributed by atoms with van der Waals surface area (Å²) >= 11 is 0. The first-order chi connectivity index (χ1) is 28.9. The zero-order chi connectivity index (χ0) is 42.9. The molecule has 9 nitrogen and oxygen atoms in total. The zero-order valence-corrected chi connectivity index (χ0v) is 38.5. The standard InChI is InChI=1S/C50H96O9/c1-3-5-7-9-11-13-15-17-19-20-21-22-23-24-25-26-28-30-32-34-36-38-40-56-42-44(43-57-50-49(55)48(54)47(53)45(41-51)59-50)58-46(52)39-37-35-33-31-29-27-18-16-14-12-10-8-6-4-2/h16,18,44-45,47-51,53-55H,3-15,17,19-43H2,1-2H3/b18-16-. The smallest absolute Gasteiger partial charge is 0.306 e. The highest BCUT2D eigenvalue weighted by molar-refractivity contribution is 5.69. The highest BCUT2D eigenvalue weighted by Gasteiger charge is 2.44. The lowest BCUT2D eigenvalue weighted by molar-refractivity contribution is -0.305. The third kappa shape index (κ3) is 33.2. The summed E-state index contributed by atoms with van der Waals surface area (Å²) in [5, 5.41) is 40.2. The van der Waals surface area contributed by atoms with Crippen LogP contribution in [-0.4, -0.2) is 89.6 Å². The van der Waals surface area contributed by atoms with Crippen LogP contribution in [0.5, 0.6) is 0 Å². The lowest BCUT2D eigenvalue weighted by Crippen LogP contribution is -2.59. The van der Waals surface area contributed by atoms with E-state index in [1.807, 2.05) is 0 Å². The molecule has 1 aliphatic heterocycles. The van der Waals surface area contributed by atoms with E-state index in [4.69, 9.17) is 18.9 Å². The molecule has 0 aromatic rings. The van der Waals surface area contributed by atoms with E-state index in [-0.39, 0.29) is 19.2 Å². The van der Waals surface area contributed by atoms with E-state index in [1.54, 1.807) is 0 Å². The molecule has 0 amide bonds. The first-order valence-electron chi connectivity index (χ1n) is 25.3. The zero-order valence-electron chi connectivity index (χ0n) is 38.5. The Kier molecular flexibility index (Phi) is 40.1. The normalized spacial score (nSPS) is 20.1. The van der Waals surface area contributed by atoms with Crippen LogP contribution in [0.1, 0.15) is 239 Å². The molecule has 1 rings (SSSR count). The largest absolute Gasteiger partial charge is 0.457 e. The van der Waals surface area contributed by atoms with Gasteiger partial charge in [0.2, 0.25) is 0 Å². The van der Waals surface area contributed by atoms with Gasteiger partial charge >= 0.3 is 5.97 Å². The minimum atomic E-state index is -1.53. The molecule has 1 fully saturated rings. The number of aliphatic hydroxyl groups is 4. The van der Waals surface area contributed by atoms with Gasteiger partial charge in [0, 0.05) is 13.0 Å². The molecule has 0 aromatic carbocycles. The molecular formula is C50H96O9. The number of hydrogen-bond acceptors (Lipinski definition) is 9. The van der Waals surface area contributed by atoms with Crippen molar-refractivity contribution in [2.45, 2.75) is 275 Å². The number of carbonyl (C=O) groups is 1. The van der Waals surface area contributed by atoms with Crippen molar-refractivity contribution in [1.82, 2.24) is 0 Å². The van der Waals surface area contributed by atoms with Gasteiger partial charge in [-0.25, -0.2) is 0 Å². The van der Waals surface area contributed by atoms with Crippen LogP contribution in [0.15, 0.2) is 12.2 Å².